The predicted octanol–water partition coefficient (Wildman–Crippen LogP) is 4.45. The van der Waals surface area contributed by atoms with Gasteiger partial charge in [-0.15, -0.1) is 0 Å². The molecule has 4 aromatic rings. The molecule has 0 radical (unpaired) electrons. The number of aromatic amines is 1. The van der Waals surface area contributed by atoms with Gasteiger partial charge in [0.2, 0.25) is 10.0 Å². The fraction of sp³-hybridized carbons (Fsp3) is 0.130. The summed E-state index contributed by atoms with van der Waals surface area (Å²) in [6, 6.07) is 13.2. The smallest absolute Gasteiger partial charge is 0.232 e. The van der Waals surface area contributed by atoms with Gasteiger partial charge < -0.3 is 0 Å². The molecular formula is C23H18F2N4O2S. The van der Waals surface area contributed by atoms with Gasteiger partial charge in [0.1, 0.15) is 11.5 Å². The van der Waals surface area contributed by atoms with Gasteiger partial charge in [-0.25, -0.2) is 22.2 Å². The van der Waals surface area contributed by atoms with E-state index in [0.29, 0.717) is 28.7 Å². The highest BCUT2D eigenvalue weighted by atomic mass is 32.2. The van der Waals surface area contributed by atoms with E-state index < -0.39 is 27.2 Å². The summed E-state index contributed by atoms with van der Waals surface area (Å²) in [6.45, 7) is 1.69. The van der Waals surface area contributed by atoms with Crippen molar-refractivity contribution in [1.82, 2.24) is 15.2 Å². The molecule has 0 saturated carbocycles. The summed E-state index contributed by atoms with van der Waals surface area (Å²) >= 11 is 0. The fourth-order valence-corrected chi connectivity index (χ4v) is 4.29. The number of hydrogen-bond donors (Lipinski definition) is 2. The summed E-state index contributed by atoms with van der Waals surface area (Å²) in [4.78, 5) is 4.27. The number of sulfonamides is 1. The van der Waals surface area contributed by atoms with Crippen LogP contribution in [0.25, 0.3) is 22.3 Å². The molecule has 0 saturated heterocycles. The van der Waals surface area contributed by atoms with Crippen molar-refractivity contribution < 1.29 is 17.2 Å². The standard InChI is InChI=1S/C23H18F2N4O2S/c1-2-12-32(30,31)29-20-11-10-19(24)17(21(20)25)9-8-15-13-18-22(16-6-4-3-5-7-16)27-28-23(18)26-14-15/h3-7,10-11,13-14,29H,2,12H2,1H3,(H,26,27,28). The minimum absolute atomic E-state index is 0.176. The third-order valence-electron chi connectivity index (χ3n) is 4.62. The second kappa shape index (κ2) is 8.77. The van der Waals surface area contributed by atoms with Crippen LogP contribution in [0.3, 0.4) is 0 Å². The minimum atomic E-state index is -3.73. The molecule has 0 spiro atoms. The number of rotatable bonds is 5. The van der Waals surface area contributed by atoms with Crippen LogP contribution in [0.15, 0.2) is 54.7 Å². The van der Waals surface area contributed by atoms with Crippen LogP contribution in [0, 0.1) is 23.5 Å². The first-order valence-electron chi connectivity index (χ1n) is 9.78. The van der Waals surface area contributed by atoms with Crippen molar-refractivity contribution in [2.45, 2.75) is 13.3 Å². The van der Waals surface area contributed by atoms with Gasteiger partial charge in [-0.05, 0) is 24.6 Å². The Morgan fingerprint density at radius 3 is 2.62 bits per heavy atom. The maximum atomic E-state index is 14.8. The Morgan fingerprint density at radius 1 is 1.09 bits per heavy atom. The molecule has 32 heavy (non-hydrogen) atoms. The van der Waals surface area contributed by atoms with Crippen LogP contribution in [0.5, 0.6) is 0 Å². The lowest BCUT2D eigenvalue weighted by atomic mass is 10.1. The second-order valence-corrected chi connectivity index (χ2v) is 8.86. The quantitative estimate of drug-likeness (QED) is 0.438. The number of fused-ring (bicyclic) bond motifs is 1. The van der Waals surface area contributed by atoms with Gasteiger partial charge in [0.25, 0.3) is 0 Å². The summed E-state index contributed by atoms with van der Waals surface area (Å²) in [7, 11) is -3.73. The Kier molecular flexibility index (Phi) is 5.88. The summed E-state index contributed by atoms with van der Waals surface area (Å²) in [6.07, 6.45) is 1.82. The number of nitrogens with zero attached hydrogens (tertiary/aromatic N) is 2. The molecule has 4 rings (SSSR count). The Hall–Kier alpha value is -3.77. The number of hydrogen-bond acceptors (Lipinski definition) is 4. The largest absolute Gasteiger partial charge is 0.281 e. The van der Waals surface area contributed by atoms with Gasteiger partial charge in [0.15, 0.2) is 11.5 Å². The molecule has 0 amide bonds. The number of H-pyrrole nitrogens is 1. The highest BCUT2D eigenvalue weighted by molar-refractivity contribution is 7.92. The predicted molar refractivity (Wildman–Crippen MR) is 119 cm³/mol. The average Bonchev–Trinajstić information content (AvgIpc) is 3.19. The van der Waals surface area contributed by atoms with Crippen LogP contribution in [0.4, 0.5) is 14.5 Å². The van der Waals surface area contributed by atoms with E-state index in [1.165, 1.54) is 6.20 Å². The summed E-state index contributed by atoms with van der Waals surface area (Å²) in [5, 5.41) is 7.86. The van der Waals surface area contributed by atoms with Crippen molar-refractivity contribution in [1.29, 1.82) is 0 Å². The molecule has 2 aromatic heterocycles. The van der Waals surface area contributed by atoms with E-state index in [-0.39, 0.29) is 11.4 Å². The van der Waals surface area contributed by atoms with Crippen LogP contribution in [0.1, 0.15) is 24.5 Å². The van der Waals surface area contributed by atoms with Crippen molar-refractivity contribution in [3.63, 3.8) is 0 Å². The molecule has 6 nitrogen and oxygen atoms in total. The Labute approximate surface area is 183 Å². The maximum Gasteiger partial charge on any atom is 0.232 e. The van der Waals surface area contributed by atoms with Gasteiger partial charge in [0, 0.05) is 22.7 Å². The van der Waals surface area contributed by atoms with Crippen LogP contribution in [-0.4, -0.2) is 29.4 Å². The summed E-state index contributed by atoms with van der Waals surface area (Å²) in [5.41, 5.74) is 1.67. The first kappa shape index (κ1) is 21.5. The summed E-state index contributed by atoms with van der Waals surface area (Å²) in [5.74, 6) is 3.04. The molecule has 2 N–H and O–H groups in total. The molecule has 2 aromatic carbocycles. The molecule has 0 aliphatic rings. The Balaban J connectivity index is 1.71. The third kappa shape index (κ3) is 4.45. The lowest BCUT2D eigenvalue weighted by Gasteiger charge is -2.09. The van der Waals surface area contributed by atoms with Crippen molar-refractivity contribution in [2.75, 3.05) is 10.5 Å². The topological polar surface area (TPSA) is 87.7 Å². The van der Waals surface area contributed by atoms with Gasteiger partial charge in [0.05, 0.1) is 17.0 Å². The van der Waals surface area contributed by atoms with Crippen molar-refractivity contribution in [2.24, 2.45) is 0 Å². The van der Waals surface area contributed by atoms with Gasteiger partial charge in [-0.1, -0.05) is 49.1 Å². The number of benzene rings is 2. The first-order chi connectivity index (χ1) is 15.4. The maximum absolute atomic E-state index is 14.8. The Morgan fingerprint density at radius 2 is 1.88 bits per heavy atom. The average molecular weight is 452 g/mol. The molecule has 9 heteroatoms. The van der Waals surface area contributed by atoms with E-state index >= 15 is 0 Å². The number of aromatic nitrogens is 3. The van der Waals surface area contributed by atoms with Crippen LogP contribution < -0.4 is 4.72 Å². The molecule has 162 valence electrons. The van der Waals surface area contributed by atoms with E-state index in [4.69, 9.17) is 0 Å². The molecular weight excluding hydrogens is 434 g/mol. The van der Waals surface area contributed by atoms with E-state index in [1.54, 1.807) is 13.0 Å². The van der Waals surface area contributed by atoms with E-state index in [0.717, 1.165) is 17.7 Å². The molecule has 0 atom stereocenters. The highest BCUT2D eigenvalue weighted by Gasteiger charge is 2.17. The van der Waals surface area contributed by atoms with E-state index in [2.05, 4.69) is 31.7 Å². The fourth-order valence-electron chi connectivity index (χ4n) is 3.16. The third-order valence-corrected chi connectivity index (χ3v) is 6.10. The zero-order valence-corrected chi connectivity index (χ0v) is 17.8. The zero-order valence-electron chi connectivity index (χ0n) is 17.0. The first-order valence-corrected chi connectivity index (χ1v) is 11.4. The molecule has 0 aliphatic heterocycles. The SMILES string of the molecule is CCCS(=O)(=O)Nc1ccc(F)c(C#Cc2cnc3[nH]nc(-c4ccccc4)c3c2)c1F. The lowest BCUT2D eigenvalue weighted by Crippen LogP contribution is -2.17. The number of halogens is 2. The zero-order chi connectivity index (χ0) is 22.7. The van der Waals surface area contributed by atoms with Crippen LogP contribution in [0.2, 0.25) is 0 Å². The van der Waals surface area contributed by atoms with Crippen molar-refractivity contribution in [3.05, 3.63) is 77.5 Å². The lowest BCUT2D eigenvalue weighted by molar-refractivity contribution is 0.577. The summed E-state index contributed by atoms with van der Waals surface area (Å²) < 4.78 is 55.1. The van der Waals surface area contributed by atoms with E-state index in [1.807, 2.05) is 30.3 Å². The molecule has 2 heterocycles. The minimum Gasteiger partial charge on any atom is -0.281 e. The molecule has 0 fully saturated rings. The van der Waals surface area contributed by atoms with Crippen molar-refractivity contribution in [3.8, 4) is 23.1 Å². The number of anilines is 1. The molecule has 0 bridgehead atoms. The van der Waals surface area contributed by atoms with Gasteiger partial charge >= 0.3 is 0 Å². The number of pyridine rings is 1. The van der Waals surface area contributed by atoms with Crippen LogP contribution in [-0.2, 0) is 10.0 Å². The van der Waals surface area contributed by atoms with Gasteiger partial charge in [-0.2, -0.15) is 5.10 Å². The van der Waals surface area contributed by atoms with Crippen LogP contribution >= 0.6 is 0 Å². The molecule has 0 unspecified atom stereocenters. The Bertz CT molecular complexity index is 1460. The monoisotopic (exact) mass is 452 g/mol. The highest BCUT2D eigenvalue weighted by Crippen LogP contribution is 2.26. The normalized spacial score (nSPS) is 11.2. The molecule has 0 aliphatic carbocycles. The van der Waals surface area contributed by atoms with Crippen molar-refractivity contribution >= 4 is 26.7 Å². The number of nitrogens with one attached hydrogen (secondary N) is 2. The second-order valence-electron chi connectivity index (χ2n) is 7.01. The van der Waals surface area contributed by atoms with Gasteiger partial charge in [-0.3, -0.25) is 9.82 Å². The van der Waals surface area contributed by atoms with E-state index in [9.17, 15) is 17.2 Å².